The second kappa shape index (κ2) is 8.05. The number of aromatic nitrogens is 4. The predicted molar refractivity (Wildman–Crippen MR) is 92.5 cm³/mol. The average molecular weight is 339 g/mol. The molecule has 0 saturated carbocycles. The monoisotopic (exact) mass is 339 g/mol. The predicted octanol–water partition coefficient (Wildman–Crippen LogP) is 3.19. The van der Waals surface area contributed by atoms with E-state index in [1.54, 1.807) is 29.0 Å². The second-order valence-corrected chi connectivity index (χ2v) is 5.35. The second-order valence-electron chi connectivity index (χ2n) is 5.35. The van der Waals surface area contributed by atoms with Gasteiger partial charge in [0.1, 0.15) is 18.2 Å². The van der Waals surface area contributed by atoms with E-state index in [1.165, 1.54) is 6.07 Å². The van der Waals surface area contributed by atoms with Crippen LogP contribution < -0.4 is 10.1 Å². The molecule has 0 atom stereocenters. The lowest BCUT2D eigenvalue weighted by Crippen LogP contribution is -2.08. The van der Waals surface area contributed by atoms with E-state index in [0.717, 1.165) is 5.56 Å². The number of rotatable bonds is 8. The fourth-order valence-electron chi connectivity index (χ4n) is 2.28. The number of nitrogens with zero attached hydrogens (tertiary/aromatic N) is 4. The molecule has 0 radical (unpaired) electrons. The van der Waals surface area contributed by atoms with Crippen molar-refractivity contribution < 1.29 is 9.13 Å². The molecule has 1 N–H and O–H groups in total. The van der Waals surface area contributed by atoms with Gasteiger partial charge in [0.2, 0.25) is 5.95 Å². The number of hydrogen-bond donors (Lipinski definition) is 1. The van der Waals surface area contributed by atoms with Crippen molar-refractivity contribution in [3.63, 3.8) is 0 Å². The number of halogens is 1. The third-order valence-electron chi connectivity index (χ3n) is 3.54. The number of anilines is 1. The molecule has 3 aromatic rings. The first-order chi connectivity index (χ1) is 12.3. The molecule has 0 bridgehead atoms. The summed E-state index contributed by atoms with van der Waals surface area (Å²) in [6, 6.07) is 14.2. The maximum Gasteiger partial charge on any atom is 0.243 e. The van der Waals surface area contributed by atoms with Crippen LogP contribution in [0.15, 0.2) is 61.2 Å². The van der Waals surface area contributed by atoms with Gasteiger partial charge in [-0.3, -0.25) is 0 Å². The van der Waals surface area contributed by atoms with E-state index in [1.807, 2.05) is 24.3 Å². The van der Waals surface area contributed by atoms with E-state index in [4.69, 9.17) is 4.74 Å². The van der Waals surface area contributed by atoms with Gasteiger partial charge in [0, 0.05) is 12.1 Å². The minimum absolute atomic E-state index is 0.182. The molecule has 128 valence electrons. The number of hydrogen-bond acceptors (Lipinski definition) is 5. The first kappa shape index (κ1) is 16.6. The fraction of sp³-hybridized carbons (Fsp3) is 0.167. The van der Waals surface area contributed by atoms with E-state index in [-0.39, 0.29) is 12.4 Å². The van der Waals surface area contributed by atoms with E-state index in [2.05, 4.69) is 27.4 Å². The van der Waals surface area contributed by atoms with Gasteiger partial charge >= 0.3 is 0 Å². The van der Waals surface area contributed by atoms with Crippen LogP contribution in [-0.2, 0) is 19.7 Å². The van der Waals surface area contributed by atoms with E-state index < -0.39 is 0 Å². The molecule has 0 unspecified atom stereocenters. The molecule has 3 rings (SSSR count). The maximum atomic E-state index is 13.6. The molecule has 0 aliphatic carbocycles. The first-order valence-corrected chi connectivity index (χ1v) is 7.82. The molecule has 0 saturated heterocycles. The Bertz CT molecular complexity index is 849. The molecule has 1 aromatic heterocycles. The molecule has 6 nitrogen and oxygen atoms in total. The van der Waals surface area contributed by atoms with Crippen LogP contribution in [0.25, 0.3) is 0 Å². The van der Waals surface area contributed by atoms with Crippen molar-refractivity contribution in [3.05, 3.63) is 78.1 Å². The summed E-state index contributed by atoms with van der Waals surface area (Å²) >= 11 is 0. The van der Waals surface area contributed by atoms with Crippen LogP contribution in [0, 0.1) is 5.82 Å². The highest BCUT2D eigenvalue weighted by Crippen LogP contribution is 2.17. The van der Waals surface area contributed by atoms with Crippen LogP contribution >= 0.6 is 0 Å². The molecule has 1 heterocycles. The standard InChI is InChI=1S/C18H18FN5O/c1-2-10-24-18(21-22-23-24)20-12-14-6-5-8-16(11-14)25-13-15-7-3-4-9-17(15)19/h2-9,11H,1,10,12-13H2,(H,20,21,23). The van der Waals surface area contributed by atoms with Crippen molar-refractivity contribution in [2.75, 3.05) is 5.32 Å². The van der Waals surface area contributed by atoms with E-state index in [0.29, 0.717) is 30.4 Å². The van der Waals surface area contributed by atoms with E-state index in [9.17, 15) is 4.39 Å². The van der Waals surface area contributed by atoms with Crippen LogP contribution in [0.4, 0.5) is 10.3 Å². The number of benzene rings is 2. The van der Waals surface area contributed by atoms with Gasteiger partial charge in [0.05, 0.1) is 6.54 Å². The Hall–Kier alpha value is -3.22. The highest BCUT2D eigenvalue weighted by molar-refractivity contribution is 5.32. The molecular weight excluding hydrogens is 321 g/mol. The molecule has 0 amide bonds. The minimum Gasteiger partial charge on any atom is -0.489 e. The lowest BCUT2D eigenvalue weighted by Gasteiger charge is -2.10. The summed E-state index contributed by atoms with van der Waals surface area (Å²) in [5.41, 5.74) is 1.52. The quantitative estimate of drug-likeness (QED) is 0.639. The summed E-state index contributed by atoms with van der Waals surface area (Å²) in [5, 5.41) is 14.6. The Morgan fingerprint density at radius 1 is 1.20 bits per heavy atom. The fourth-order valence-corrected chi connectivity index (χ4v) is 2.28. The third kappa shape index (κ3) is 4.41. The zero-order valence-electron chi connectivity index (χ0n) is 13.6. The Morgan fingerprint density at radius 3 is 2.92 bits per heavy atom. The summed E-state index contributed by atoms with van der Waals surface area (Å²) in [5.74, 6) is 0.972. The Labute approximate surface area is 144 Å². The van der Waals surface area contributed by atoms with Gasteiger partial charge < -0.3 is 10.1 Å². The zero-order chi connectivity index (χ0) is 17.5. The van der Waals surface area contributed by atoms with Gasteiger partial charge in [-0.25, -0.2) is 9.07 Å². The van der Waals surface area contributed by atoms with Crippen LogP contribution in [-0.4, -0.2) is 20.2 Å². The molecule has 2 aromatic carbocycles. The number of ether oxygens (including phenoxy) is 1. The third-order valence-corrected chi connectivity index (χ3v) is 3.54. The average Bonchev–Trinajstić information content (AvgIpc) is 3.07. The van der Waals surface area contributed by atoms with Gasteiger partial charge in [0.25, 0.3) is 0 Å². The van der Waals surface area contributed by atoms with Crippen LogP contribution in [0.1, 0.15) is 11.1 Å². The maximum absolute atomic E-state index is 13.6. The van der Waals surface area contributed by atoms with Gasteiger partial charge in [0.15, 0.2) is 0 Å². The minimum atomic E-state index is -0.269. The normalized spacial score (nSPS) is 10.4. The topological polar surface area (TPSA) is 64.9 Å². The molecule has 0 aliphatic heterocycles. The molecule has 25 heavy (non-hydrogen) atoms. The number of allylic oxidation sites excluding steroid dienone is 1. The van der Waals surface area contributed by atoms with Crippen LogP contribution in [0.5, 0.6) is 5.75 Å². The molecular formula is C18H18FN5O. The number of tetrazole rings is 1. The first-order valence-electron chi connectivity index (χ1n) is 7.82. The lowest BCUT2D eigenvalue weighted by molar-refractivity contribution is 0.299. The van der Waals surface area contributed by atoms with Crippen molar-refractivity contribution in [3.8, 4) is 5.75 Å². The zero-order valence-corrected chi connectivity index (χ0v) is 13.6. The van der Waals surface area contributed by atoms with E-state index >= 15 is 0 Å². The van der Waals surface area contributed by atoms with Crippen molar-refractivity contribution in [1.29, 1.82) is 0 Å². The van der Waals surface area contributed by atoms with Gasteiger partial charge in [-0.1, -0.05) is 41.5 Å². The summed E-state index contributed by atoms with van der Waals surface area (Å²) in [7, 11) is 0. The van der Waals surface area contributed by atoms with Crippen molar-refractivity contribution >= 4 is 5.95 Å². The summed E-state index contributed by atoms with van der Waals surface area (Å²) < 4.78 is 20.9. The molecule has 0 aliphatic rings. The summed E-state index contributed by atoms with van der Waals surface area (Å²) in [4.78, 5) is 0. The van der Waals surface area contributed by atoms with Crippen LogP contribution in [0.3, 0.4) is 0 Å². The molecule has 7 heteroatoms. The highest BCUT2D eigenvalue weighted by atomic mass is 19.1. The lowest BCUT2D eigenvalue weighted by atomic mass is 10.2. The van der Waals surface area contributed by atoms with Gasteiger partial charge in [-0.2, -0.15) is 0 Å². The molecule has 0 fully saturated rings. The summed E-state index contributed by atoms with van der Waals surface area (Å²) in [6.45, 7) is 4.92. The smallest absolute Gasteiger partial charge is 0.243 e. The Morgan fingerprint density at radius 2 is 2.08 bits per heavy atom. The van der Waals surface area contributed by atoms with Crippen LogP contribution in [0.2, 0.25) is 0 Å². The van der Waals surface area contributed by atoms with Gasteiger partial charge in [-0.05, 0) is 34.2 Å². The number of nitrogens with one attached hydrogen (secondary N) is 1. The van der Waals surface area contributed by atoms with Crippen molar-refractivity contribution in [2.24, 2.45) is 0 Å². The largest absolute Gasteiger partial charge is 0.489 e. The Kier molecular flexibility index (Phi) is 5.36. The summed E-state index contributed by atoms with van der Waals surface area (Å²) in [6.07, 6.45) is 1.72. The van der Waals surface area contributed by atoms with Crippen molar-refractivity contribution in [1.82, 2.24) is 20.2 Å². The SMILES string of the molecule is C=CCn1nnnc1NCc1cccc(OCc2ccccc2F)c1. The Balaban J connectivity index is 1.60. The highest BCUT2D eigenvalue weighted by Gasteiger charge is 2.05. The van der Waals surface area contributed by atoms with Crippen molar-refractivity contribution in [2.45, 2.75) is 19.7 Å². The molecule has 0 spiro atoms. The van der Waals surface area contributed by atoms with Gasteiger partial charge in [-0.15, -0.1) is 6.58 Å².